The molecule has 0 rings (SSSR count). The van der Waals surface area contributed by atoms with Gasteiger partial charge in [-0.3, -0.25) is 4.79 Å². The highest BCUT2D eigenvalue weighted by Crippen LogP contribution is 2.05. The summed E-state index contributed by atoms with van der Waals surface area (Å²) in [5.74, 6) is -0.391. The smallest absolute Gasteiger partial charge is 0.241 e. The molecule has 0 spiro atoms. The Bertz CT molecular complexity index is 161. The average molecular weight is 203 g/mol. The molecule has 0 fully saturated rings. The van der Waals surface area contributed by atoms with Gasteiger partial charge >= 0.3 is 0 Å². The number of carbonyl (C=O) groups excluding carboxylic acids is 1. The lowest BCUT2D eigenvalue weighted by Crippen LogP contribution is -2.23. The van der Waals surface area contributed by atoms with Crippen molar-refractivity contribution in [2.45, 2.75) is 39.4 Å². The normalized spacial score (nSPS) is 10.8. The van der Waals surface area contributed by atoms with Crippen molar-refractivity contribution in [3.63, 3.8) is 0 Å². The fourth-order valence-corrected chi connectivity index (χ4v) is 2.00. The van der Waals surface area contributed by atoms with Crippen molar-refractivity contribution >= 4 is 14.2 Å². The number of rotatable bonds is 3. The highest BCUT2D eigenvalue weighted by Gasteiger charge is 2.13. The summed E-state index contributed by atoms with van der Waals surface area (Å²) in [6, 6.07) is 1.03. The zero-order chi connectivity index (χ0) is 10.9. The van der Waals surface area contributed by atoms with Crippen LogP contribution in [-0.2, 0) is 4.79 Å². The SMILES string of the molecule is CC=CC(N)=O.CCC[Si](C)(C)O. The molecule has 3 nitrogen and oxygen atoms in total. The largest absolute Gasteiger partial charge is 0.432 e. The third-order valence-electron chi connectivity index (χ3n) is 1.19. The van der Waals surface area contributed by atoms with Crippen LogP contribution < -0.4 is 5.73 Å². The molecule has 0 bridgehead atoms. The fraction of sp³-hybridized carbons (Fsp3) is 0.667. The summed E-state index contributed by atoms with van der Waals surface area (Å²) < 4.78 is 0. The van der Waals surface area contributed by atoms with E-state index in [-0.39, 0.29) is 0 Å². The summed E-state index contributed by atoms with van der Waals surface area (Å²) in [6.07, 6.45) is 4.03. The molecule has 3 N–H and O–H groups in total. The van der Waals surface area contributed by atoms with Crippen LogP contribution in [0.3, 0.4) is 0 Å². The molecular formula is C9H21NO2Si. The molecule has 0 aromatic heterocycles. The van der Waals surface area contributed by atoms with Crippen molar-refractivity contribution in [1.29, 1.82) is 0 Å². The molecule has 0 aromatic carbocycles. The molecule has 4 heteroatoms. The Labute approximate surface area is 81.8 Å². The van der Waals surface area contributed by atoms with Crippen LogP contribution in [0.2, 0.25) is 19.1 Å². The fourth-order valence-electron chi connectivity index (χ4n) is 0.776. The van der Waals surface area contributed by atoms with Crippen LogP contribution in [0.5, 0.6) is 0 Å². The molecule has 0 aliphatic rings. The van der Waals surface area contributed by atoms with Crippen molar-refractivity contribution in [3.05, 3.63) is 12.2 Å². The van der Waals surface area contributed by atoms with Gasteiger partial charge in [-0.05, 0) is 32.1 Å². The predicted octanol–water partition coefficient (Wildman–Crippen LogP) is 1.64. The van der Waals surface area contributed by atoms with Crippen LogP contribution in [-0.4, -0.2) is 19.0 Å². The second-order valence-corrected chi connectivity index (χ2v) is 7.59. The quantitative estimate of drug-likeness (QED) is 0.541. The number of hydrogen-bond acceptors (Lipinski definition) is 2. The minimum absolute atomic E-state index is 0.391. The van der Waals surface area contributed by atoms with E-state index in [9.17, 15) is 4.79 Å². The lowest BCUT2D eigenvalue weighted by atomic mass is 10.5. The third kappa shape index (κ3) is 24.6. The van der Waals surface area contributed by atoms with E-state index in [1.54, 1.807) is 13.0 Å². The molecule has 0 unspecified atom stereocenters. The van der Waals surface area contributed by atoms with Crippen molar-refractivity contribution in [1.82, 2.24) is 0 Å². The molecule has 0 saturated heterocycles. The van der Waals surface area contributed by atoms with Crippen LogP contribution in [0.1, 0.15) is 20.3 Å². The lowest BCUT2D eigenvalue weighted by Gasteiger charge is -2.10. The monoisotopic (exact) mass is 203 g/mol. The maximum atomic E-state index is 9.73. The van der Waals surface area contributed by atoms with Crippen LogP contribution in [0, 0.1) is 0 Å². The summed E-state index contributed by atoms with van der Waals surface area (Å²) in [6.45, 7) is 7.78. The standard InChI is InChI=1S/C5H14OSi.C4H7NO/c1-4-5-7(2,3)6;1-2-3-4(5)6/h6H,4-5H2,1-3H3;2-3H,1H3,(H2,5,6). The summed E-state index contributed by atoms with van der Waals surface area (Å²) in [5.41, 5.74) is 4.68. The minimum Gasteiger partial charge on any atom is -0.432 e. The number of amides is 1. The molecule has 0 aliphatic heterocycles. The van der Waals surface area contributed by atoms with Crippen molar-refractivity contribution in [2.24, 2.45) is 5.73 Å². The maximum Gasteiger partial charge on any atom is 0.241 e. The summed E-state index contributed by atoms with van der Waals surface area (Å²) >= 11 is 0. The first-order valence-electron chi connectivity index (χ1n) is 4.48. The number of primary amides is 1. The van der Waals surface area contributed by atoms with Crippen LogP contribution >= 0.6 is 0 Å². The van der Waals surface area contributed by atoms with Gasteiger partial charge in [0.05, 0.1) is 0 Å². The van der Waals surface area contributed by atoms with Gasteiger partial charge in [0.1, 0.15) is 0 Å². The van der Waals surface area contributed by atoms with Gasteiger partial charge in [-0.2, -0.15) is 0 Å². The first-order valence-corrected chi connectivity index (χ1v) is 7.63. The molecule has 0 aromatic rings. The molecular weight excluding hydrogens is 182 g/mol. The van der Waals surface area contributed by atoms with E-state index in [0.717, 1.165) is 12.5 Å². The molecule has 13 heavy (non-hydrogen) atoms. The molecule has 0 aliphatic carbocycles. The highest BCUT2D eigenvalue weighted by atomic mass is 28.4. The van der Waals surface area contributed by atoms with Crippen LogP contribution in [0.4, 0.5) is 0 Å². The molecule has 0 radical (unpaired) electrons. The Morgan fingerprint density at radius 2 is 2.00 bits per heavy atom. The van der Waals surface area contributed by atoms with E-state index in [0.29, 0.717) is 0 Å². The summed E-state index contributed by atoms with van der Waals surface area (Å²) in [5, 5.41) is 0. The first-order chi connectivity index (χ1) is 5.83. The zero-order valence-electron chi connectivity index (χ0n) is 9.00. The zero-order valence-corrected chi connectivity index (χ0v) is 10.0. The average Bonchev–Trinajstić information content (AvgIpc) is 1.84. The molecule has 1 amide bonds. The second kappa shape index (κ2) is 8.01. The second-order valence-electron chi connectivity index (χ2n) is 3.46. The van der Waals surface area contributed by atoms with Crippen molar-refractivity contribution in [3.8, 4) is 0 Å². The molecule has 78 valence electrons. The van der Waals surface area contributed by atoms with E-state index >= 15 is 0 Å². The Morgan fingerprint density at radius 1 is 1.54 bits per heavy atom. The Morgan fingerprint density at radius 3 is 2.00 bits per heavy atom. The van der Waals surface area contributed by atoms with E-state index < -0.39 is 14.2 Å². The summed E-state index contributed by atoms with van der Waals surface area (Å²) in [4.78, 5) is 18.9. The first kappa shape index (κ1) is 14.9. The lowest BCUT2D eigenvalue weighted by molar-refractivity contribution is -0.113. The third-order valence-corrected chi connectivity index (χ3v) is 2.92. The highest BCUT2D eigenvalue weighted by molar-refractivity contribution is 6.69. The van der Waals surface area contributed by atoms with Crippen LogP contribution in [0.25, 0.3) is 0 Å². The van der Waals surface area contributed by atoms with Gasteiger partial charge in [-0.15, -0.1) is 0 Å². The maximum absolute atomic E-state index is 9.73. The number of hydrogen-bond donors (Lipinski definition) is 2. The Kier molecular flexibility index (Phi) is 9.17. The van der Waals surface area contributed by atoms with Gasteiger partial charge in [-0.1, -0.05) is 19.4 Å². The van der Waals surface area contributed by atoms with E-state index in [2.05, 4.69) is 12.7 Å². The minimum atomic E-state index is -1.66. The Hall–Kier alpha value is -0.613. The van der Waals surface area contributed by atoms with Gasteiger partial charge in [-0.25, -0.2) is 0 Å². The van der Waals surface area contributed by atoms with Gasteiger partial charge in [0, 0.05) is 0 Å². The summed E-state index contributed by atoms with van der Waals surface area (Å²) in [7, 11) is -1.66. The number of carbonyl (C=O) groups is 1. The van der Waals surface area contributed by atoms with Gasteiger partial charge in [0.25, 0.3) is 0 Å². The van der Waals surface area contributed by atoms with E-state index in [1.807, 2.05) is 13.1 Å². The van der Waals surface area contributed by atoms with E-state index in [4.69, 9.17) is 4.80 Å². The number of nitrogens with two attached hydrogens (primary N) is 1. The molecule has 0 heterocycles. The van der Waals surface area contributed by atoms with E-state index in [1.165, 1.54) is 6.08 Å². The van der Waals surface area contributed by atoms with Crippen molar-refractivity contribution < 1.29 is 9.59 Å². The predicted molar refractivity (Wildman–Crippen MR) is 58.8 cm³/mol. The molecule has 0 atom stereocenters. The van der Waals surface area contributed by atoms with Gasteiger partial charge in [0.15, 0.2) is 8.32 Å². The topological polar surface area (TPSA) is 63.3 Å². The van der Waals surface area contributed by atoms with Crippen LogP contribution in [0.15, 0.2) is 12.2 Å². The molecule has 0 saturated carbocycles. The van der Waals surface area contributed by atoms with Gasteiger partial charge < -0.3 is 10.5 Å². The number of allylic oxidation sites excluding steroid dienone is 1. The van der Waals surface area contributed by atoms with Gasteiger partial charge in [0.2, 0.25) is 5.91 Å². The van der Waals surface area contributed by atoms with Crippen molar-refractivity contribution in [2.75, 3.05) is 0 Å². The Balaban J connectivity index is 0.